The largest absolute Gasteiger partial charge is 0.481 e. The first-order valence-electron chi connectivity index (χ1n) is 12.4. The van der Waals surface area contributed by atoms with Gasteiger partial charge in [-0.3, -0.25) is 14.5 Å². The van der Waals surface area contributed by atoms with Crippen LogP contribution in [0.5, 0.6) is 0 Å². The Morgan fingerprint density at radius 2 is 1.74 bits per heavy atom. The van der Waals surface area contributed by atoms with Crippen LogP contribution >= 0.6 is 0 Å². The van der Waals surface area contributed by atoms with Crippen molar-refractivity contribution >= 4 is 23.6 Å². The predicted molar refractivity (Wildman–Crippen MR) is 129 cm³/mol. The Morgan fingerprint density at radius 3 is 2.51 bits per heavy atom. The van der Waals surface area contributed by atoms with Gasteiger partial charge in [0.05, 0.1) is 18.2 Å². The minimum atomic E-state index is -0.936. The quantitative estimate of drug-likeness (QED) is 0.519. The summed E-state index contributed by atoms with van der Waals surface area (Å²) in [6.45, 7) is 0. The first-order chi connectivity index (χ1) is 17.1. The van der Waals surface area contributed by atoms with Crippen molar-refractivity contribution in [2.45, 2.75) is 63.1 Å². The molecule has 2 saturated carbocycles. The lowest BCUT2D eigenvalue weighted by molar-refractivity contribution is -0.142. The zero-order valence-electron chi connectivity index (χ0n) is 19.4. The van der Waals surface area contributed by atoms with Gasteiger partial charge in [-0.1, -0.05) is 47.9 Å². The van der Waals surface area contributed by atoms with Gasteiger partial charge < -0.3 is 14.4 Å². The second kappa shape index (κ2) is 8.83. The molecule has 0 unspecified atom stereocenters. The number of aliphatic carboxylic acids is 1. The Kier molecular flexibility index (Phi) is 5.51. The number of nitrogens with zero attached hydrogens (tertiary/aromatic N) is 4. The van der Waals surface area contributed by atoms with Crippen molar-refractivity contribution in [3.05, 3.63) is 60.2 Å². The van der Waals surface area contributed by atoms with Gasteiger partial charge in [-0.05, 0) is 49.4 Å². The third kappa shape index (κ3) is 3.96. The molecule has 0 bridgehead atoms. The number of para-hydroxylation sites is 1. The maximum Gasteiger partial charge on any atom is 0.323 e. The van der Waals surface area contributed by atoms with Crippen molar-refractivity contribution in [3.8, 4) is 11.5 Å². The van der Waals surface area contributed by atoms with Crippen molar-refractivity contribution in [3.63, 3.8) is 0 Å². The molecule has 180 valence electrons. The van der Waals surface area contributed by atoms with Crippen molar-refractivity contribution < 1.29 is 19.1 Å². The van der Waals surface area contributed by atoms with Crippen LogP contribution in [0.25, 0.3) is 11.5 Å². The molecule has 8 nitrogen and oxygen atoms in total. The molecular formula is C27H28N4O4. The summed E-state index contributed by atoms with van der Waals surface area (Å²) in [5.74, 6) is -0.295. The minimum absolute atomic E-state index is 0.0374. The van der Waals surface area contributed by atoms with E-state index in [1.54, 1.807) is 0 Å². The third-order valence-electron chi connectivity index (χ3n) is 7.51. The fraction of sp³-hybridized carbons (Fsp3) is 0.407. The van der Waals surface area contributed by atoms with Gasteiger partial charge in [0.1, 0.15) is 0 Å². The molecule has 2 heterocycles. The summed E-state index contributed by atoms with van der Waals surface area (Å²) in [5, 5.41) is 17.9. The highest BCUT2D eigenvalue weighted by Gasteiger charge is 2.51. The maximum absolute atomic E-state index is 13.3. The van der Waals surface area contributed by atoms with E-state index < -0.39 is 5.97 Å². The molecule has 0 saturated heterocycles. The molecule has 1 aromatic heterocycles. The van der Waals surface area contributed by atoms with Crippen LogP contribution in [-0.4, -0.2) is 44.2 Å². The highest BCUT2D eigenvalue weighted by Crippen LogP contribution is 2.54. The third-order valence-corrected chi connectivity index (χ3v) is 7.51. The number of amides is 1. The van der Waals surface area contributed by atoms with Crippen molar-refractivity contribution in [2.75, 3.05) is 4.90 Å². The standard InChI is InChI=1S/C27H28N4O4/c32-23(15-16-24(33)34)30(18-13-14-18)25-19-9-4-5-11-21(19)31(22-12-6-10-20(22)25)27-29-28-26(35-27)17-7-2-1-3-8-17/h1-5,7-9,11,18,20,22,25H,6,10,12-16H2,(H,33,34)/t20-,22+,25-/m0/s1. The fourth-order valence-electron chi connectivity index (χ4n) is 5.92. The highest BCUT2D eigenvalue weighted by molar-refractivity contribution is 5.82. The van der Waals surface area contributed by atoms with Crippen LogP contribution in [0, 0.1) is 5.92 Å². The van der Waals surface area contributed by atoms with Crippen LogP contribution in [0.15, 0.2) is 59.0 Å². The second-order valence-electron chi connectivity index (χ2n) is 9.72. The number of carboxylic acid groups (broad SMARTS) is 1. The maximum atomic E-state index is 13.3. The average molecular weight is 473 g/mol. The number of benzene rings is 2. The highest BCUT2D eigenvalue weighted by atomic mass is 16.4. The topological polar surface area (TPSA) is 99.8 Å². The van der Waals surface area contributed by atoms with Gasteiger partial charge in [0.2, 0.25) is 11.8 Å². The fourth-order valence-corrected chi connectivity index (χ4v) is 5.92. The van der Waals surface area contributed by atoms with Crippen LogP contribution in [-0.2, 0) is 9.59 Å². The summed E-state index contributed by atoms with van der Waals surface area (Å²) in [4.78, 5) is 28.7. The zero-order chi connectivity index (χ0) is 23.9. The van der Waals surface area contributed by atoms with Gasteiger partial charge in [0.15, 0.2) is 0 Å². The van der Waals surface area contributed by atoms with E-state index in [1.807, 2.05) is 47.4 Å². The molecule has 1 N–H and O–H groups in total. The molecule has 2 aliphatic carbocycles. The van der Waals surface area contributed by atoms with Crippen LogP contribution in [0.2, 0.25) is 0 Å². The summed E-state index contributed by atoms with van der Waals surface area (Å²) in [6, 6.07) is 18.6. The lowest BCUT2D eigenvalue weighted by Gasteiger charge is -2.47. The first-order valence-corrected chi connectivity index (χ1v) is 12.4. The smallest absolute Gasteiger partial charge is 0.323 e. The van der Waals surface area contributed by atoms with E-state index in [1.165, 1.54) is 0 Å². The summed E-state index contributed by atoms with van der Waals surface area (Å²) in [5.41, 5.74) is 2.94. The van der Waals surface area contributed by atoms with Crippen molar-refractivity contribution in [1.82, 2.24) is 15.1 Å². The van der Waals surface area contributed by atoms with E-state index in [0.29, 0.717) is 11.9 Å². The number of carbonyl (C=O) groups excluding carboxylic acids is 1. The zero-order valence-corrected chi connectivity index (χ0v) is 19.4. The van der Waals surface area contributed by atoms with E-state index >= 15 is 0 Å². The number of rotatable bonds is 7. The molecule has 2 aromatic carbocycles. The molecule has 2 fully saturated rings. The number of anilines is 2. The lowest BCUT2D eigenvalue weighted by atomic mass is 9.81. The molecule has 1 aliphatic heterocycles. The Morgan fingerprint density at radius 1 is 0.971 bits per heavy atom. The summed E-state index contributed by atoms with van der Waals surface area (Å²) in [7, 11) is 0. The molecule has 3 aromatic rings. The predicted octanol–water partition coefficient (Wildman–Crippen LogP) is 4.95. The van der Waals surface area contributed by atoms with Crippen molar-refractivity contribution in [2.24, 2.45) is 5.92 Å². The molecule has 1 amide bonds. The Hall–Kier alpha value is -3.68. The Bertz CT molecular complexity index is 1240. The lowest BCUT2D eigenvalue weighted by Crippen LogP contribution is -2.49. The molecule has 0 radical (unpaired) electrons. The number of carbonyl (C=O) groups is 2. The Balaban J connectivity index is 1.40. The number of hydrogen-bond donors (Lipinski definition) is 1. The van der Waals surface area contributed by atoms with Gasteiger partial charge in [0, 0.05) is 30.0 Å². The second-order valence-corrected chi connectivity index (χ2v) is 9.72. The monoisotopic (exact) mass is 472 g/mol. The van der Waals surface area contributed by atoms with Crippen LogP contribution in [0.3, 0.4) is 0 Å². The van der Waals surface area contributed by atoms with Gasteiger partial charge in [0.25, 0.3) is 0 Å². The van der Waals surface area contributed by atoms with E-state index in [2.05, 4.69) is 27.2 Å². The SMILES string of the molecule is O=C(O)CCC(=O)N(C1CC1)[C@H]1c2ccccc2N(c2nnc(-c3ccccc3)o2)[C@@H]2CCC[C@@H]21. The molecule has 6 rings (SSSR count). The van der Waals surface area contributed by atoms with E-state index in [0.717, 1.165) is 48.9 Å². The van der Waals surface area contributed by atoms with E-state index in [4.69, 9.17) is 9.52 Å². The molecule has 3 aliphatic rings. The molecular weight excluding hydrogens is 444 g/mol. The van der Waals surface area contributed by atoms with E-state index in [-0.39, 0.29) is 42.8 Å². The Labute approximate surface area is 203 Å². The van der Waals surface area contributed by atoms with Gasteiger partial charge in [-0.15, -0.1) is 5.10 Å². The van der Waals surface area contributed by atoms with Crippen LogP contribution < -0.4 is 4.90 Å². The number of aromatic nitrogens is 2. The molecule has 8 heteroatoms. The van der Waals surface area contributed by atoms with Crippen LogP contribution in [0.4, 0.5) is 11.7 Å². The molecule has 35 heavy (non-hydrogen) atoms. The van der Waals surface area contributed by atoms with Gasteiger partial charge in [-0.2, -0.15) is 0 Å². The molecule has 3 atom stereocenters. The first kappa shape index (κ1) is 21.8. The van der Waals surface area contributed by atoms with Crippen molar-refractivity contribution in [1.29, 1.82) is 0 Å². The number of carboxylic acids is 1. The summed E-state index contributed by atoms with van der Waals surface area (Å²) >= 11 is 0. The van der Waals surface area contributed by atoms with Crippen LogP contribution in [0.1, 0.15) is 56.6 Å². The van der Waals surface area contributed by atoms with Gasteiger partial charge in [-0.25, -0.2) is 0 Å². The number of fused-ring (bicyclic) bond motifs is 2. The minimum Gasteiger partial charge on any atom is -0.481 e. The normalized spacial score (nSPS) is 23.0. The average Bonchev–Trinajstić information content (AvgIpc) is 3.37. The van der Waals surface area contributed by atoms with E-state index in [9.17, 15) is 9.59 Å². The summed E-state index contributed by atoms with van der Waals surface area (Å²) in [6.07, 6.45) is 4.87. The summed E-state index contributed by atoms with van der Waals surface area (Å²) < 4.78 is 6.20. The van der Waals surface area contributed by atoms with Gasteiger partial charge >= 0.3 is 12.0 Å². The molecule has 0 spiro atoms. The number of hydrogen-bond acceptors (Lipinski definition) is 6.